The van der Waals surface area contributed by atoms with E-state index in [4.69, 9.17) is 32.4 Å². The lowest BCUT2D eigenvalue weighted by Gasteiger charge is -2.08. The van der Waals surface area contributed by atoms with Gasteiger partial charge >= 0.3 is 0 Å². The van der Waals surface area contributed by atoms with Gasteiger partial charge in [-0.05, 0) is 48.7 Å². The molecule has 26 heavy (non-hydrogen) atoms. The number of hydrogen-bond donors (Lipinski definition) is 1. The van der Waals surface area contributed by atoms with Crippen LogP contribution in [0.2, 0.25) is 10.0 Å². The molecule has 7 heteroatoms. The van der Waals surface area contributed by atoms with Crippen LogP contribution in [0.25, 0.3) is 0 Å². The van der Waals surface area contributed by atoms with Crippen LogP contribution in [0.1, 0.15) is 16.3 Å². The highest BCUT2D eigenvalue weighted by molar-refractivity contribution is 7.98. The molecule has 0 unspecified atom stereocenters. The van der Waals surface area contributed by atoms with Crippen molar-refractivity contribution in [1.82, 2.24) is 0 Å². The first-order valence-corrected chi connectivity index (χ1v) is 9.66. The third-order valence-corrected chi connectivity index (χ3v) is 4.83. The molecule has 0 saturated heterocycles. The van der Waals surface area contributed by atoms with Gasteiger partial charge in [0.05, 0.1) is 10.7 Å². The highest BCUT2D eigenvalue weighted by Crippen LogP contribution is 2.28. The van der Waals surface area contributed by atoms with Crippen molar-refractivity contribution in [3.8, 4) is 5.75 Å². The molecule has 4 nitrogen and oxygen atoms in total. The molecule has 134 valence electrons. The van der Waals surface area contributed by atoms with E-state index in [1.807, 2.05) is 30.5 Å². The number of thioether (sulfide) groups is 1. The number of furan rings is 1. The molecule has 0 bridgehead atoms. The number of ether oxygens (including phenoxy) is 1. The Morgan fingerprint density at radius 2 is 1.96 bits per heavy atom. The van der Waals surface area contributed by atoms with Crippen LogP contribution in [-0.2, 0) is 6.61 Å². The van der Waals surface area contributed by atoms with Gasteiger partial charge in [0.25, 0.3) is 5.91 Å². The highest BCUT2D eigenvalue weighted by Gasteiger charge is 2.14. The zero-order valence-electron chi connectivity index (χ0n) is 13.8. The maximum absolute atomic E-state index is 12.4. The van der Waals surface area contributed by atoms with Crippen molar-refractivity contribution in [1.29, 1.82) is 0 Å². The zero-order valence-corrected chi connectivity index (χ0v) is 16.1. The molecule has 0 spiro atoms. The summed E-state index contributed by atoms with van der Waals surface area (Å²) < 4.78 is 11.2. The standard InChI is InChI=1S/C19H15Cl2NO3S/c1-26-18-5-3-2-4-15(18)22-19(23)17-9-7-13(25-17)11-24-16-8-6-12(20)10-14(16)21/h2-10H,11H2,1H3,(H,22,23). The predicted octanol–water partition coefficient (Wildman–Crippen LogP) is 6.14. The Kier molecular flexibility index (Phi) is 6.14. The number of halogens is 2. The zero-order chi connectivity index (χ0) is 18.5. The number of nitrogens with one attached hydrogen (secondary N) is 1. The topological polar surface area (TPSA) is 51.5 Å². The molecule has 0 aliphatic carbocycles. The van der Waals surface area contributed by atoms with Gasteiger partial charge in [-0.3, -0.25) is 4.79 Å². The lowest BCUT2D eigenvalue weighted by Crippen LogP contribution is -2.11. The Bertz CT molecular complexity index is 927. The molecule has 0 radical (unpaired) electrons. The highest BCUT2D eigenvalue weighted by atomic mass is 35.5. The summed E-state index contributed by atoms with van der Waals surface area (Å²) in [5, 5.41) is 3.80. The fourth-order valence-corrected chi connectivity index (χ4v) is 3.27. The average molecular weight is 408 g/mol. The SMILES string of the molecule is CSc1ccccc1NC(=O)c1ccc(COc2ccc(Cl)cc2Cl)o1. The summed E-state index contributed by atoms with van der Waals surface area (Å²) in [6.07, 6.45) is 1.95. The number of anilines is 1. The molecule has 1 N–H and O–H groups in total. The maximum atomic E-state index is 12.4. The van der Waals surface area contributed by atoms with E-state index in [9.17, 15) is 4.79 Å². The van der Waals surface area contributed by atoms with Gasteiger partial charge in [-0.15, -0.1) is 11.8 Å². The quantitative estimate of drug-likeness (QED) is 0.498. The van der Waals surface area contributed by atoms with Crippen LogP contribution in [0.5, 0.6) is 5.75 Å². The summed E-state index contributed by atoms with van der Waals surface area (Å²) in [6, 6.07) is 15.9. The molecule has 0 saturated carbocycles. The lowest BCUT2D eigenvalue weighted by molar-refractivity contribution is 0.0992. The van der Waals surface area contributed by atoms with E-state index in [0.717, 1.165) is 10.6 Å². The van der Waals surface area contributed by atoms with E-state index in [1.165, 1.54) is 0 Å². The van der Waals surface area contributed by atoms with E-state index < -0.39 is 0 Å². The summed E-state index contributed by atoms with van der Waals surface area (Å²) in [4.78, 5) is 13.4. The molecule has 3 aromatic rings. The van der Waals surface area contributed by atoms with Crippen LogP contribution in [0.4, 0.5) is 5.69 Å². The molecule has 0 fully saturated rings. The van der Waals surface area contributed by atoms with Gasteiger partial charge < -0.3 is 14.5 Å². The van der Waals surface area contributed by atoms with E-state index in [-0.39, 0.29) is 18.3 Å². The van der Waals surface area contributed by atoms with Gasteiger partial charge in [0, 0.05) is 9.92 Å². The predicted molar refractivity (Wildman–Crippen MR) is 106 cm³/mol. The number of hydrogen-bond acceptors (Lipinski definition) is 4. The summed E-state index contributed by atoms with van der Waals surface area (Å²) in [5.74, 6) is 0.899. The Hall–Kier alpha value is -2.08. The Morgan fingerprint density at radius 1 is 1.15 bits per heavy atom. The van der Waals surface area contributed by atoms with Gasteiger partial charge in [0.2, 0.25) is 0 Å². The summed E-state index contributed by atoms with van der Waals surface area (Å²) in [7, 11) is 0. The Balaban J connectivity index is 1.64. The third-order valence-electron chi connectivity index (χ3n) is 3.50. The average Bonchev–Trinajstić information content (AvgIpc) is 3.10. The first-order chi connectivity index (χ1) is 12.6. The molecule has 0 aliphatic heterocycles. The largest absolute Gasteiger partial charge is 0.484 e. The summed E-state index contributed by atoms with van der Waals surface area (Å²) >= 11 is 13.5. The van der Waals surface area contributed by atoms with Crippen LogP contribution in [0.15, 0.2) is 63.9 Å². The first-order valence-electron chi connectivity index (χ1n) is 7.68. The number of amides is 1. The van der Waals surface area contributed by atoms with Crippen LogP contribution in [0, 0.1) is 0 Å². The number of carbonyl (C=O) groups is 1. The van der Waals surface area contributed by atoms with Gasteiger partial charge in [-0.1, -0.05) is 35.3 Å². The van der Waals surface area contributed by atoms with Crippen molar-refractivity contribution in [2.45, 2.75) is 11.5 Å². The number of carbonyl (C=O) groups excluding carboxylic acids is 1. The fraction of sp³-hybridized carbons (Fsp3) is 0.105. The third kappa shape index (κ3) is 4.55. The van der Waals surface area contributed by atoms with Gasteiger partial charge in [-0.25, -0.2) is 0 Å². The molecule has 0 atom stereocenters. The number of rotatable bonds is 6. The normalized spacial score (nSPS) is 10.6. The van der Waals surface area contributed by atoms with Crippen molar-refractivity contribution in [2.75, 3.05) is 11.6 Å². The minimum Gasteiger partial charge on any atom is -0.484 e. The fourth-order valence-electron chi connectivity index (χ4n) is 2.25. The Labute approximate surface area is 165 Å². The van der Waals surface area contributed by atoms with Gasteiger partial charge in [0.15, 0.2) is 5.76 Å². The van der Waals surface area contributed by atoms with Crippen molar-refractivity contribution in [3.05, 3.63) is 76.2 Å². The van der Waals surface area contributed by atoms with E-state index in [2.05, 4.69) is 5.32 Å². The maximum Gasteiger partial charge on any atom is 0.291 e. The number of para-hydroxylation sites is 1. The second-order valence-corrected chi connectivity index (χ2v) is 6.98. The molecule has 3 rings (SSSR count). The molecule has 1 heterocycles. The van der Waals surface area contributed by atoms with Crippen molar-refractivity contribution >= 4 is 46.6 Å². The van der Waals surface area contributed by atoms with Crippen LogP contribution < -0.4 is 10.1 Å². The second-order valence-electron chi connectivity index (χ2n) is 5.28. The smallest absolute Gasteiger partial charge is 0.291 e. The minimum atomic E-state index is -0.317. The van der Waals surface area contributed by atoms with Crippen LogP contribution in [-0.4, -0.2) is 12.2 Å². The van der Waals surface area contributed by atoms with Crippen molar-refractivity contribution in [2.24, 2.45) is 0 Å². The summed E-state index contributed by atoms with van der Waals surface area (Å²) in [6.45, 7) is 0.149. The lowest BCUT2D eigenvalue weighted by atomic mass is 10.3. The second kappa shape index (κ2) is 8.54. The van der Waals surface area contributed by atoms with Gasteiger partial charge in [0.1, 0.15) is 18.1 Å². The van der Waals surface area contributed by atoms with E-state index >= 15 is 0 Å². The van der Waals surface area contributed by atoms with Gasteiger partial charge in [-0.2, -0.15) is 0 Å². The monoisotopic (exact) mass is 407 g/mol. The molecule has 0 aliphatic rings. The number of benzene rings is 2. The van der Waals surface area contributed by atoms with Crippen LogP contribution in [0.3, 0.4) is 0 Å². The molecular formula is C19H15Cl2NO3S. The Morgan fingerprint density at radius 3 is 2.73 bits per heavy atom. The molecule has 1 aromatic heterocycles. The minimum absolute atomic E-state index is 0.149. The van der Waals surface area contributed by atoms with Crippen LogP contribution >= 0.6 is 35.0 Å². The van der Waals surface area contributed by atoms with Crippen molar-refractivity contribution < 1.29 is 13.9 Å². The summed E-state index contributed by atoms with van der Waals surface area (Å²) in [5.41, 5.74) is 0.743. The van der Waals surface area contributed by atoms with Crippen molar-refractivity contribution in [3.63, 3.8) is 0 Å². The molecular weight excluding hydrogens is 393 g/mol. The molecule has 2 aromatic carbocycles. The van der Waals surface area contributed by atoms with E-state index in [0.29, 0.717) is 21.6 Å². The van der Waals surface area contributed by atoms with E-state index in [1.54, 1.807) is 42.1 Å². The first kappa shape index (κ1) is 18.7. The molecule has 1 amide bonds.